The summed E-state index contributed by atoms with van der Waals surface area (Å²) in [6, 6.07) is 6.51. The van der Waals surface area contributed by atoms with Gasteiger partial charge in [-0.1, -0.05) is 37.1 Å². The van der Waals surface area contributed by atoms with Crippen molar-refractivity contribution in [1.82, 2.24) is 10.6 Å². The molecule has 1 rings (SSSR count). The van der Waals surface area contributed by atoms with E-state index in [-0.39, 0.29) is 0 Å². The lowest BCUT2D eigenvalue weighted by Gasteiger charge is -2.13. The zero-order chi connectivity index (χ0) is 15.5. The molecule has 0 saturated heterocycles. The van der Waals surface area contributed by atoms with Crippen LogP contribution >= 0.6 is 0 Å². The monoisotopic (exact) mass is 291 g/mol. The molecule has 2 N–H and O–H groups in total. The van der Waals surface area contributed by atoms with Crippen LogP contribution in [0.5, 0.6) is 0 Å². The first-order valence-corrected chi connectivity index (χ1v) is 7.75. The van der Waals surface area contributed by atoms with E-state index in [4.69, 9.17) is 4.74 Å². The second kappa shape index (κ2) is 10.2. The summed E-state index contributed by atoms with van der Waals surface area (Å²) in [6.45, 7) is 9.53. The number of nitrogens with one attached hydrogen (secondary N) is 2. The Balaban J connectivity index is 2.28. The fourth-order valence-electron chi connectivity index (χ4n) is 2.03. The number of unbranched alkanes of at least 4 members (excludes halogenated alkanes) is 1. The Labute approximate surface area is 129 Å². The van der Waals surface area contributed by atoms with E-state index in [0.29, 0.717) is 6.61 Å². The minimum absolute atomic E-state index is 0.713. The van der Waals surface area contributed by atoms with Crippen LogP contribution in [-0.2, 0) is 11.3 Å². The van der Waals surface area contributed by atoms with Crippen LogP contribution in [0.3, 0.4) is 0 Å². The van der Waals surface area contributed by atoms with Crippen molar-refractivity contribution in [2.45, 2.75) is 40.2 Å². The van der Waals surface area contributed by atoms with Gasteiger partial charge in [0.15, 0.2) is 5.96 Å². The Morgan fingerprint density at radius 1 is 1.19 bits per heavy atom. The molecule has 0 aliphatic carbocycles. The summed E-state index contributed by atoms with van der Waals surface area (Å²) < 4.78 is 5.52. The van der Waals surface area contributed by atoms with Gasteiger partial charge in [-0.25, -0.2) is 0 Å². The summed E-state index contributed by atoms with van der Waals surface area (Å²) in [7, 11) is 1.79. The normalized spacial score (nSPS) is 11.5. The summed E-state index contributed by atoms with van der Waals surface area (Å²) in [5, 5.41) is 6.59. The van der Waals surface area contributed by atoms with Gasteiger partial charge in [0.2, 0.25) is 0 Å². The fraction of sp³-hybridized carbons (Fsp3) is 0.588. The summed E-state index contributed by atoms with van der Waals surface area (Å²) in [5.74, 6) is 0.814. The van der Waals surface area contributed by atoms with Gasteiger partial charge in [-0.05, 0) is 31.4 Å². The van der Waals surface area contributed by atoms with E-state index in [0.717, 1.165) is 32.1 Å². The van der Waals surface area contributed by atoms with Gasteiger partial charge in [0, 0.05) is 26.7 Å². The van der Waals surface area contributed by atoms with Gasteiger partial charge < -0.3 is 15.4 Å². The van der Waals surface area contributed by atoms with E-state index in [1.807, 2.05) is 0 Å². The van der Waals surface area contributed by atoms with Crippen molar-refractivity contribution < 1.29 is 4.74 Å². The number of aliphatic imine (C=N–C) groups is 1. The molecule has 21 heavy (non-hydrogen) atoms. The molecule has 0 atom stereocenters. The van der Waals surface area contributed by atoms with E-state index < -0.39 is 0 Å². The van der Waals surface area contributed by atoms with Crippen LogP contribution in [0.15, 0.2) is 23.2 Å². The molecule has 4 heteroatoms. The molecular formula is C17H29N3O. The van der Waals surface area contributed by atoms with Gasteiger partial charge in [0.1, 0.15) is 0 Å². The smallest absolute Gasteiger partial charge is 0.191 e. The Bertz CT molecular complexity index is 444. The van der Waals surface area contributed by atoms with E-state index in [1.54, 1.807) is 7.05 Å². The van der Waals surface area contributed by atoms with Crippen molar-refractivity contribution >= 4 is 5.96 Å². The first kappa shape index (κ1) is 17.5. The number of hydrogen-bond donors (Lipinski definition) is 2. The molecule has 0 fully saturated rings. The van der Waals surface area contributed by atoms with Gasteiger partial charge in [-0.2, -0.15) is 0 Å². The molecule has 4 nitrogen and oxygen atoms in total. The minimum Gasteiger partial charge on any atom is -0.380 e. The van der Waals surface area contributed by atoms with Gasteiger partial charge in [-0.3, -0.25) is 4.99 Å². The summed E-state index contributed by atoms with van der Waals surface area (Å²) >= 11 is 0. The van der Waals surface area contributed by atoms with E-state index >= 15 is 0 Å². The summed E-state index contributed by atoms with van der Waals surface area (Å²) in [5.41, 5.74) is 3.89. The maximum absolute atomic E-state index is 5.52. The SMILES string of the molecule is CCCCOCCNC(=NC)NCc1ccc(C)cc1C. The van der Waals surface area contributed by atoms with Crippen LogP contribution in [0.25, 0.3) is 0 Å². The molecule has 0 bridgehead atoms. The van der Waals surface area contributed by atoms with Crippen LogP contribution in [0.1, 0.15) is 36.5 Å². The minimum atomic E-state index is 0.713. The van der Waals surface area contributed by atoms with Gasteiger partial charge in [0.05, 0.1) is 6.61 Å². The third kappa shape index (κ3) is 7.14. The number of rotatable bonds is 8. The quantitative estimate of drug-likeness (QED) is 0.440. The highest BCUT2D eigenvalue weighted by atomic mass is 16.5. The lowest BCUT2D eigenvalue weighted by Crippen LogP contribution is -2.38. The molecule has 0 heterocycles. The second-order valence-electron chi connectivity index (χ2n) is 5.25. The standard InChI is InChI=1S/C17H29N3O/c1-5-6-10-21-11-9-19-17(18-4)20-13-16-8-7-14(2)12-15(16)3/h7-8,12H,5-6,9-11,13H2,1-4H3,(H2,18,19,20). The van der Waals surface area contributed by atoms with Crippen molar-refractivity contribution in [3.63, 3.8) is 0 Å². The van der Waals surface area contributed by atoms with Gasteiger partial charge in [-0.15, -0.1) is 0 Å². The number of hydrogen-bond acceptors (Lipinski definition) is 2. The predicted octanol–water partition coefficient (Wildman–Crippen LogP) is 2.79. The van der Waals surface area contributed by atoms with Crippen molar-refractivity contribution in [1.29, 1.82) is 0 Å². The average Bonchev–Trinajstić information content (AvgIpc) is 2.47. The highest BCUT2D eigenvalue weighted by molar-refractivity contribution is 5.79. The third-order valence-electron chi connectivity index (χ3n) is 3.35. The molecule has 1 aromatic rings. The molecule has 0 unspecified atom stereocenters. The molecule has 0 aromatic heterocycles. The van der Waals surface area contributed by atoms with Crippen molar-refractivity contribution in [2.24, 2.45) is 4.99 Å². The highest BCUT2D eigenvalue weighted by Crippen LogP contribution is 2.09. The maximum atomic E-state index is 5.52. The van der Waals surface area contributed by atoms with Gasteiger partial charge in [0.25, 0.3) is 0 Å². The zero-order valence-electron chi connectivity index (χ0n) is 13.8. The number of nitrogens with zero attached hydrogens (tertiary/aromatic N) is 1. The fourth-order valence-corrected chi connectivity index (χ4v) is 2.03. The van der Waals surface area contributed by atoms with E-state index in [1.165, 1.54) is 23.1 Å². The van der Waals surface area contributed by atoms with E-state index in [2.05, 4.69) is 54.6 Å². The van der Waals surface area contributed by atoms with E-state index in [9.17, 15) is 0 Å². The van der Waals surface area contributed by atoms with Crippen molar-refractivity contribution in [3.05, 3.63) is 34.9 Å². The second-order valence-corrected chi connectivity index (χ2v) is 5.25. The Kier molecular flexibility index (Phi) is 8.51. The number of ether oxygens (including phenoxy) is 1. The first-order valence-electron chi connectivity index (χ1n) is 7.75. The molecule has 0 aliphatic heterocycles. The molecular weight excluding hydrogens is 262 g/mol. The number of aryl methyl sites for hydroxylation is 2. The Morgan fingerprint density at radius 3 is 2.67 bits per heavy atom. The lowest BCUT2D eigenvalue weighted by atomic mass is 10.1. The van der Waals surface area contributed by atoms with Crippen LogP contribution in [-0.4, -0.2) is 32.8 Å². The molecule has 1 aromatic carbocycles. The molecule has 118 valence electrons. The predicted molar refractivity (Wildman–Crippen MR) is 89.8 cm³/mol. The Hall–Kier alpha value is -1.55. The highest BCUT2D eigenvalue weighted by Gasteiger charge is 2.01. The first-order chi connectivity index (χ1) is 10.2. The molecule has 0 spiro atoms. The third-order valence-corrected chi connectivity index (χ3v) is 3.35. The number of benzene rings is 1. The van der Waals surface area contributed by atoms with Crippen LogP contribution < -0.4 is 10.6 Å². The largest absolute Gasteiger partial charge is 0.380 e. The van der Waals surface area contributed by atoms with Crippen LogP contribution in [0, 0.1) is 13.8 Å². The Morgan fingerprint density at radius 2 is 2.00 bits per heavy atom. The summed E-state index contributed by atoms with van der Waals surface area (Å²) in [6.07, 6.45) is 2.30. The lowest BCUT2D eigenvalue weighted by molar-refractivity contribution is 0.136. The van der Waals surface area contributed by atoms with Crippen molar-refractivity contribution in [3.8, 4) is 0 Å². The van der Waals surface area contributed by atoms with Crippen LogP contribution in [0.2, 0.25) is 0 Å². The van der Waals surface area contributed by atoms with Crippen molar-refractivity contribution in [2.75, 3.05) is 26.8 Å². The number of guanidine groups is 1. The zero-order valence-corrected chi connectivity index (χ0v) is 13.8. The van der Waals surface area contributed by atoms with Crippen LogP contribution in [0.4, 0.5) is 0 Å². The summed E-state index contributed by atoms with van der Waals surface area (Å²) in [4.78, 5) is 4.22. The molecule has 0 amide bonds. The molecule has 0 aliphatic rings. The molecule has 0 saturated carbocycles. The average molecular weight is 291 g/mol. The maximum Gasteiger partial charge on any atom is 0.191 e. The van der Waals surface area contributed by atoms with Gasteiger partial charge >= 0.3 is 0 Å². The topological polar surface area (TPSA) is 45.6 Å². The molecule has 0 radical (unpaired) electrons.